The van der Waals surface area contributed by atoms with Crippen molar-refractivity contribution in [1.82, 2.24) is 10.3 Å². The van der Waals surface area contributed by atoms with Gasteiger partial charge in [0.05, 0.1) is 0 Å². The minimum Gasteiger partial charge on any atom is -0.303 e. The maximum Gasteiger partial charge on any atom is 0.233 e. The Bertz CT molecular complexity index is 413. The summed E-state index contributed by atoms with van der Waals surface area (Å²) >= 11 is 0. The molecule has 0 radical (unpaired) electrons. The molecule has 0 spiro atoms. The monoisotopic (exact) mass is 289 g/mol. The van der Waals surface area contributed by atoms with Gasteiger partial charge in [0, 0.05) is 6.42 Å². The Morgan fingerprint density at radius 2 is 1.90 bits per heavy atom. The number of nitrogens with one attached hydrogen (secondary N) is 1. The lowest BCUT2D eigenvalue weighted by Gasteiger charge is -2.32. The molecule has 1 saturated heterocycles. The zero-order valence-electron chi connectivity index (χ0n) is 12.8. The summed E-state index contributed by atoms with van der Waals surface area (Å²) in [5.41, 5.74) is 3.64. The second-order valence-corrected chi connectivity index (χ2v) is 6.00. The number of rotatable bonds is 7. The number of carbonyl (C=O) groups is 1. The van der Waals surface area contributed by atoms with E-state index in [2.05, 4.69) is 40.7 Å². The van der Waals surface area contributed by atoms with Crippen LogP contribution in [0.15, 0.2) is 30.3 Å². The first kappa shape index (κ1) is 16.0. The number of unbranched alkanes of at least 4 members (excludes halogenated alkanes) is 1. The molecule has 1 heterocycles. The first-order chi connectivity index (χ1) is 10.3. The highest BCUT2D eigenvalue weighted by Crippen LogP contribution is 2.21. The molecule has 0 aliphatic carbocycles. The van der Waals surface area contributed by atoms with Gasteiger partial charge in [-0.3, -0.25) is 10.2 Å². The molecule has 1 aromatic carbocycles. The van der Waals surface area contributed by atoms with E-state index in [1.165, 1.54) is 37.9 Å². The molecule has 0 saturated carbocycles. The van der Waals surface area contributed by atoms with Crippen LogP contribution in [0.1, 0.15) is 37.7 Å². The molecule has 3 N–H and O–H groups in total. The number of carbonyl (C=O) groups excluding carboxylic acids is 1. The Hall–Kier alpha value is -1.39. The molecule has 4 heteroatoms. The molecule has 1 amide bonds. The number of likely N-dealkylation sites (tertiary alicyclic amines) is 1. The van der Waals surface area contributed by atoms with E-state index < -0.39 is 0 Å². The molecule has 0 atom stereocenters. The first-order valence-electron chi connectivity index (χ1n) is 8.03. The summed E-state index contributed by atoms with van der Waals surface area (Å²) in [4.78, 5) is 13.6. The third-order valence-corrected chi connectivity index (χ3v) is 4.36. The molecule has 1 aromatic rings. The van der Waals surface area contributed by atoms with E-state index in [0.717, 1.165) is 25.3 Å². The smallest absolute Gasteiger partial charge is 0.233 e. The van der Waals surface area contributed by atoms with Gasteiger partial charge in [-0.1, -0.05) is 30.3 Å². The SMILES string of the molecule is NNC(=O)CCCCN1CCC(Cc2ccccc2)CC1. The van der Waals surface area contributed by atoms with Gasteiger partial charge >= 0.3 is 0 Å². The van der Waals surface area contributed by atoms with Crippen molar-refractivity contribution in [3.8, 4) is 0 Å². The Morgan fingerprint density at radius 3 is 2.57 bits per heavy atom. The third-order valence-electron chi connectivity index (χ3n) is 4.36. The van der Waals surface area contributed by atoms with Crippen LogP contribution in [0.4, 0.5) is 0 Å². The number of hydrazine groups is 1. The van der Waals surface area contributed by atoms with Gasteiger partial charge in [-0.05, 0) is 63.2 Å². The molecule has 2 rings (SSSR count). The van der Waals surface area contributed by atoms with Gasteiger partial charge in [-0.15, -0.1) is 0 Å². The normalized spacial score (nSPS) is 16.8. The van der Waals surface area contributed by atoms with Crippen molar-refractivity contribution < 1.29 is 4.79 Å². The van der Waals surface area contributed by atoms with Crippen LogP contribution in [0, 0.1) is 5.92 Å². The van der Waals surface area contributed by atoms with E-state index in [1.807, 2.05) is 0 Å². The van der Waals surface area contributed by atoms with E-state index in [0.29, 0.717) is 6.42 Å². The molecule has 0 bridgehead atoms. The molecular weight excluding hydrogens is 262 g/mol. The molecular formula is C17H27N3O. The predicted octanol–water partition coefficient (Wildman–Crippen LogP) is 2.10. The molecule has 1 aliphatic rings. The summed E-state index contributed by atoms with van der Waals surface area (Å²) in [7, 11) is 0. The minimum absolute atomic E-state index is 0.0587. The predicted molar refractivity (Wildman–Crippen MR) is 85.5 cm³/mol. The zero-order valence-corrected chi connectivity index (χ0v) is 12.8. The quantitative estimate of drug-likeness (QED) is 0.350. The summed E-state index contributed by atoms with van der Waals surface area (Å²) < 4.78 is 0. The van der Waals surface area contributed by atoms with E-state index in [4.69, 9.17) is 5.84 Å². The van der Waals surface area contributed by atoms with Crippen molar-refractivity contribution in [2.75, 3.05) is 19.6 Å². The largest absolute Gasteiger partial charge is 0.303 e. The Labute approximate surface area is 127 Å². The zero-order chi connectivity index (χ0) is 14.9. The average Bonchev–Trinajstić information content (AvgIpc) is 2.54. The van der Waals surface area contributed by atoms with Crippen molar-refractivity contribution in [3.63, 3.8) is 0 Å². The van der Waals surface area contributed by atoms with Crippen LogP contribution in [0.5, 0.6) is 0 Å². The van der Waals surface area contributed by atoms with Crippen molar-refractivity contribution in [2.45, 2.75) is 38.5 Å². The number of hydrogen-bond acceptors (Lipinski definition) is 3. The highest BCUT2D eigenvalue weighted by atomic mass is 16.2. The average molecular weight is 289 g/mol. The maximum atomic E-state index is 11.0. The van der Waals surface area contributed by atoms with Crippen LogP contribution < -0.4 is 11.3 Å². The van der Waals surface area contributed by atoms with E-state index in [1.54, 1.807) is 0 Å². The summed E-state index contributed by atoms with van der Waals surface area (Å²) in [6.45, 7) is 3.50. The highest BCUT2D eigenvalue weighted by molar-refractivity contribution is 5.75. The summed E-state index contributed by atoms with van der Waals surface area (Å²) in [6.07, 6.45) is 6.34. The fraction of sp³-hybridized carbons (Fsp3) is 0.588. The Morgan fingerprint density at radius 1 is 1.19 bits per heavy atom. The lowest BCUT2D eigenvalue weighted by Crippen LogP contribution is -2.35. The number of amides is 1. The van der Waals surface area contributed by atoms with Crippen LogP contribution in [-0.4, -0.2) is 30.4 Å². The molecule has 0 aromatic heterocycles. The number of hydrogen-bond donors (Lipinski definition) is 2. The Balaban J connectivity index is 1.59. The first-order valence-corrected chi connectivity index (χ1v) is 8.03. The van der Waals surface area contributed by atoms with Gasteiger partial charge in [-0.25, -0.2) is 5.84 Å². The van der Waals surface area contributed by atoms with Crippen LogP contribution >= 0.6 is 0 Å². The number of benzene rings is 1. The molecule has 4 nitrogen and oxygen atoms in total. The molecule has 116 valence electrons. The summed E-state index contributed by atoms with van der Waals surface area (Å²) in [5, 5.41) is 0. The van der Waals surface area contributed by atoms with Crippen molar-refractivity contribution >= 4 is 5.91 Å². The van der Waals surface area contributed by atoms with E-state index in [-0.39, 0.29) is 5.91 Å². The van der Waals surface area contributed by atoms with Crippen molar-refractivity contribution in [1.29, 1.82) is 0 Å². The topological polar surface area (TPSA) is 58.4 Å². The maximum absolute atomic E-state index is 11.0. The van der Waals surface area contributed by atoms with Gasteiger partial charge < -0.3 is 4.90 Å². The number of piperidine rings is 1. The lowest BCUT2D eigenvalue weighted by molar-refractivity contribution is -0.121. The minimum atomic E-state index is -0.0587. The van der Waals surface area contributed by atoms with Crippen molar-refractivity contribution in [2.24, 2.45) is 11.8 Å². The Kier molecular flexibility index (Phi) is 6.70. The highest BCUT2D eigenvalue weighted by Gasteiger charge is 2.18. The van der Waals surface area contributed by atoms with Gasteiger partial charge in [0.25, 0.3) is 0 Å². The standard InChI is InChI=1S/C17H27N3O/c18-19-17(21)8-4-5-11-20-12-9-16(10-13-20)14-15-6-2-1-3-7-15/h1-3,6-7,16H,4-5,8-14,18H2,(H,19,21). The van der Waals surface area contributed by atoms with Gasteiger partial charge in [0.2, 0.25) is 5.91 Å². The van der Waals surface area contributed by atoms with Crippen LogP contribution in [0.3, 0.4) is 0 Å². The molecule has 1 aliphatic heterocycles. The fourth-order valence-electron chi connectivity index (χ4n) is 3.05. The summed E-state index contributed by atoms with van der Waals surface area (Å²) in [6, 6.07) is 10.8. The van der Waals surface area contributed by atoms with Gasteiger partial charge in [-0.2, -0.15) is 0 Å². The van der Waals surface area contributed by atoms with E-state index in [9.17, 15) is 4.79 Å². The van der Waals surface area contributed by atoms with Gasteiger partial charge in [0.15, 0.2) is 0 Å². The molecule has 0 unspecified atom stereocenters. The second kappa shape index (κ2) is 8.80. The molecule has 21 heavy (non-hydrogen) atoms. The third kappa shape index (κ3) is 5.86. The van der Waals surface area contributed by atoms with Crippen molar-refractivity contribution in [3.05, 3.63) is 35.9 Å². The fourth-order valence-corrected chi connectivity index (χ4v) is 3.05. The van der Waals surface area contributed by atoms with Crippen LogP contribution in [0.2, 0.25) is 0 Å². The number of nitrogens with two attached hydrogens (primary N) is 1. The summed E-state index contributed by atoms with van der Waals surface area (Å²) in [5.74, 6) is 5.83. The number of nitrogens with zero attached hydrogens (tertiary/aromatic N) is 1. The molecule has 1 fully saturated rings. The van der Waals surface area contributed by atoms with E-state index >= 15 is 0 Å². The van der Waals surface area contributed by atoms with Gasteiger partial charge in [0.1, 0.15) is 0 Å². The lowest BCUT2D eigenvalue weighted by atomic mass is 9.90. The van der Waals surface area contributed by atoms with Crippen LogP contribution in [0.25, 0.3) is 0 Å². The second-order valence-electron chi connectivity index (χ2n) is 6.00. The van der Waals surface area contributed by atoms with Crippen LogP contribution in [-0.2, 0) is 11.2 Å².